The lowest BCUT2D eigenvalue weighted by Crippen LogP contribution is -1.59. The molecule has 0 aromatic carbocycles. The van der Waals surface area contributed by atoms with Crippen molar-refractivity contribution in [3.8, 4) is 0 Å². The van der Waals surface area contributed by atoms with Crippen molar-refractivity contribution < 1.29 is 17.7 Å². The topological polar surface area (TPSA) is 104 Å². The first-order valence-corrected chi connectivity index (χ1v) is 10.6. The minimum Gasteiger partial charge on any atom is -0.452 e. The van der Waals surface area contributed by atoms with E-state index in [0.717, 1.165) is 17.3 Å². The van der Waals surface area contributed by atoms with Crippen LogP contribution in [0.4, 0.5) is 0 Å². The molecule has 0 radical (unpaired) electrons. The van der Waals surface area contributed by atoms with E-state index in [0.29, 0.717) is 0 Å². The third kappa shape index (κ3) is 31.7. The van der Waals surface area contributed by atoms with Gasteiger partial charge in [0, 0.05) is 6.92 Å². The maximum atomic E-state index is 4.72. The van der Waals surface area contributed by atoms with E-state index in [2.05, 4.69) is 28.8 Å². The molecule has 0 bridgehead atoms. The van der Waals surface area contributed by atoms with Gasteiger partial charge in [0.05, 0.1) is 24.3 Å². The SMILES string of the molecule is CC.CC.CC.CC.Cc1cnco1.Cc1cocn1.Cc1ncco1.c1cocn1. The molecule has 0 amide bonds. The molecule has 0 fully saturated rings. The molecule has 4 aromatic rings. The van der Waals surface area contributed by atoms with Crippen LogP contribution in [0.25, 0.3) is 0 Å². The Morgan fingerprint density at radius 2 is 1.26 bits per heavy atom. The fraction of sp³-hybridized carbons (Fsp3) is 0.478. The third-order valence-corrected chi connectivity index (χ3v) is 2.01. The summed E-state index contributed by atoms with van der Waals surface area (Å²) in [7, 11) is 0. The van der Waals surface area contributed by atoms with E-state index in [1.54, 1.807) is 38.0 Å². The Labute approximate surface area is 188 Å². The third-order valence-electron chi connectivity index (χ3n) is 2.01. The van der Waals surface area contributed by atoms with E-state index >= 15 is 0 Å². The number of nitrogens with zero attached hydrogens (tertiary/aromatic N) is 4. The van der Waals surface area contributed by atoms with Crippen LogP contribution in [0.1, 0.15) is 72.7 Å². The van der Waals surface area contributed by atoms with Crippen LogP contribution < -0.4 is 0 Å². The van der Waals surface area contributed by atoms with Gasteiger partial charge in [-0.05, 0) is 13.8 Å². The monoisotopic (exact) mass is 438 g/mol. The second-order valence-electron chi connectivity index (χ2n) is 3.97. The predicted octanol–water partition coefficient (Wildman–Crippen LogP) is 7.73. The van der Waals surface area contributed by atoms with Crippen molar-refractivity contribution in [1.29, 1.82) is 0 Å². The average Bonchev–Trinajstić information content (AvgIpc) is 3.65. The fourth-order valence-corrected chi connectivity index (χ4v) is 1.02. The molecule has 8 nitrogen and oxygen atoms in total. The van der Waals surface area contributed by atoms with E-state index < -0.39 is 0 Å². The first-order valence-electron chi connectivity index (χ1n) is 10.6. The van der Waals surface area contributed by atoms with Crippen molar-refractivity contribution in [3.63, 3.8) is 0 Å². The smallest absolute Gasteiger partial charge is 0.190 e. The lowest BCUT2D eigenvalue weighted by molar-refractivity contribution is 0.521. The summed E-state index contributed by atoms with van der Waals surface area (Å²) in [6.45, 7) is 21.5. The van der Waals surface area contributed by atoms with Crippen LogP contribution in [0.2, 0.25) is 0 Å². The van der Waals surface area contributed by atoms with Crippen molar-refractivity contribution in [2.45, 2.75) is 76.2 Å². The summed E-state index contributed by atoms with van der Waals surface area (Å²) in [4.78, 5) is 14.7. The number of aromatic nitrogens is 4. The molecule has 0 aliphatic rings. The second kappa shape index (κ2) is 34.4. The summed E-state index contributed by atoms with van der Waals surface area (Å²) >= 11 is 0. The minimum absolute atomic E-state index is 0.718. The summed E-state index contributed by atoms with van der Waals surface area (Å²) in [5.74, 6) is 1.57. The molecular formula is C23H42N4O4. The number of oxazole rings is 4. The van der Waals surface area contributed by atoms with Crippen molar-refractivity contribution in [2.75, 3.05) is 0 Å². The Balaban J connectivity index is -0.000000142. The highest BCUT2D eigenvalue weighted by atomic mass is 16.3. The average molecular weight is 439 g/mol. The fourth-order valence-electron chi connectivity index (χ4n) is 1.02. The van der Waals surface area contributed by atoms with Crippen molar-refractivity contribution in [1.82, 2.24) is 19.9 Å². The van der Waals surface area contributed by atoms with Gasteiger partial charge in [-0.2, -0.15) is 0 Å². The van der Waals surface area contributed by atoms with E-state index in [1.165, 1.54) is 25.4 Å². The lowest BCUT2D eigenvalue weighted by atomic mass is 10.6. The molecule has 4 aromatic heterocycles. The number of hydrogen-bond donors (Lipinski definition) is 0. The number of rotatable bonds is 0. The van der Waals surface area contributed by atoms with Crippen LogP contribution in [0, 0.1) is 20.8 Å². The molecule has 0 aliphatic carbocycles. The van der Waals surface area contributed by atoms with Crippen molar-refractivity contribution in [2.24, 2.45) is 0 Å². The zero-order valence-electron chi connectivity index (χ0n) is 21.1. The highest BCUT2D eigenvalue weighted by molar-refractivity contribution is 4.83. The Hall–Kier alpha value is -3.16. The van der Waals surface area contributed by atoms with Crippen LogP contribution in [0.15, 0.2) is 74.2 Å². The zero-order valence-corrected chi connectivity index (χ0v) is 21.1. The van der Waals surface area contributed by atoms with Gasteiger partial charge in [0.2, 0.25) is 0 Å². The molecule has 4 rings (SSSR count). The van der Waals surface area contributed by atoms with Crippen LogP contribution in [-0.2, 0) is 0 Å². The molecule has 0 saturated carbocycles. The minimum atomic E-state index is 0.718. The molecule has 178 valence electrons. The van der Waals surface area contributed by atoms with Gasteiger partial charge in [0.1, 0.15) is 24.5 Å². The van der Waals surface area contributed by atoms with Gasteiger partial charge >= 0.3 is 0 Å². The Morgan fingerprint density at radius 1 is 0.613 bits per heavy atom. The highest BCUT2D eigenvalue weighted by Gasteiger charge is 1.78. The van der Waals surface area contributed by atoms with E-state index in [4.69, 9.17) is 8.83 Å². The van der Waals surface area contributed by atoms with E-state index in [9.17, 15) is 0 Å². The van der Waals surface area contributed by atoms with Gasteiger partial charge < -0.3 is 17.7 Å². The number of hydrogen-bond acceptors (Lipinski definition) is 8. The standard InChI is InChI=1S/3C4H5NO.C3H3NO.4C2H6/c1-4-2-6-3-5-4;1-4-2-5-3-6-4;1-4-5-2-3-6-4;1-2-5-3-4-1;4*1-2/h3*2-3H,1H3;1-3H;4*1-2H3. The summed E-state index contributed by atoms with van der Waals surface area (Å²) in [5.41, 5.74) is 0.926. The number of aryl methyl sites for hydroxylation is 3. The van der Waals surface area contributed by atoms with Gasteiger partial charge in [0.15, 0.2) is 25.1 Å². The maximum Gasteiger partial charge on any atom is 0.190 e. The normalized spacial score (nSPS) is 7.19. The second-order valence-corrected chi connectivity index (χ2v) is 3.97. The van der Waals surface area contributed by atoms with E-state index in [-0.39, 0.29) is 0 Å². The van der Waals surface area contributed by atoms with Crippen LogP contribution in [-0.4, -0.2) is 19.9 Å². The molecule has 0 saturated heterocycles. The summed E-state index contributed by atoms with van der Waals surface area (Å²) in [5, 5.41) is 0. The molecule has 31 heavy (non-hydrogen) atoms. The Kier molecular flexibility index (Phi) is 39.1. The van der Waals surface area contributed by atoms with Gasteiger partial charge in [-0.15, -0.1) is 0 Å². The molecule has 8 heteroatoms. The van der Waals surface area contributed by atoms with Gasteiger partial charge in [-0.1, -0.05) is 55.4 Å². The molecular weight excluding hydrogens is 396 g/mol. The first kappa shape index (κ1) is 35.3. The van der Waals surface area contributed by atoms with E-state index in [1.807, 2.05) is 69.2 Å². The molecule has 4 heterocycles. The predicted molar refractivity (Wildman–Crippen MR) is 126 cm³/mol. The molecule has 0 unspecified atom stereocenters. The molecule has 0 spiro atoms. The molecule has 0 aliphatic heterocycles. The summed E-state index contributed by atoms with van der Waals surface area (Å²) in [6.07, 6.45) is 13.7. The molecule has 0 atom stereocenters. The first-order chi connectivity index (χ1) is 15.2. The maximum absolute atomic E-state index is 4.72. The van der Waals surface area contributed by atoms with Gasteiger partial charge in [-0.25, -0.2) is 19.9 Å². The highest BCUT2D eigenvalue weighted by Crippen LogP contribution is 1.88. The Morgan fingerprint density at radius 3 is 1.39 bits per heavy atom. The van der Waals surface area contributed by atoms with Crippen LogP contribution in [0.5, 0.6) is 0 Å². The lowest BCUT2D eigenvalue weighted by Gasteiger charge is -1.67. The van der Waals surface area contributed by atoms with Gasteiger partial charge in [0.25, 0.3) is 0 Å². The largest absolute Gasteiger partial charge is 0.452 e. The quantitative estimate of drug-likeness (QED) is 0.274. The summed E-state index contributed by atoms with van der Waals surface area (Å²) < 4.78 is 18.5. The van der Waals surface area contributed by atoms with Crippen LogP contribution >= 0.6 is 0 Å². The van der Waals surface area contributed by atoms with Crippen molar-refractivity contribution >= 4 is 0 Å². The van der Waals surface area contributed by atoms with Crippen LogP contribution in [0.3, 0.4) is 0 Å². The zero-order chi connectivity index (χ0) is 24.8. The summed E-state index contributed by atoms with van der Waals surface area (Å²) in [6, 6.07) is 0. The molecule has 0 N–H and O–H groups in total. The Bertz CT molecular complexity index is 570. The van der Waals surface area contributed by atoms with Gasteiger partial charge in [-0.3, -0.25) is 0 Å². The van der Waals surface area contributed by atoms with Crippen molar-refractivity contribution in [3.05, 3.63) is 73.9 Å².